The minimum Gasteiger partial charge on any atom is -0.441 e. The van der Waals surface area contributed by atoms with E-state index in [0.717, 1.165) is 5.56 Å². The van der Waals surface area contributed by atoms with E-state index in [9.17, 15) is 14.9 Å². The predicted octanol–water partition coefficient (Wildman–Crippen LogP) is 5.06. The molecule has 1 heterocycles. The Morgan fingerprint density at radius 1 is 1.28 bits per heavy atom. The number of nitrogens with zero attached hydrogens (tertiary/aromatic N) is 3. The number of oxazole rings is 1. The Morgan fingerprint density at radius 3 is 2.69 bits per heavy atom. The lowest BCUT2D eigenvalue weighted by Gasteiger charge is -2.25. The third-order valence-corrected chi connectivity index (χ3v) is 5.02. The maximum atomic E-state index is 12.6. The van der Waals surface area contributed by atoms with Crippen LogP contribution in [0.4, 0.5) is 5.69 Å². The third kappa shape index (κ3) is 5.00. The molecule has 3 aromatic rings. The number of rotatable bonds is 7. The molecule has 0 aliphatic rings. The van der Waals surface area contributed by atoms with Crippen LogP contribution in [0.15, 0.2) is 59.1 Å². The number of benzene rings is 2. The molecule has 1 atom stereocenters. The van der Waals surface area contributed by atoms with Crippen LogP contribution in [0, 0.1) is 10.1 Å². The van der Waals surface area contributed by atoms with Crippen molar-refractivity contribution in [3.8, 4) is 11.3 Å². The van der Waals surface area contributed by atoms with Gasteiger partial charge in [0, 0.05) is 42.6 Å². The van der Waals surface area contributed by atoms with E-state index in [0.29, 0.717) is 28.7 Å². The molecule has 0 fully saturated rings. The van der Waals surface area contributed by atoms with Gasteiger partial charge in [-0.3, -0.25) is 14.9 Å². The maximum Gasteiger partial charge on any atom is 0.269 e. The van der Waals surface area contributed by atoms with Crippen molar-refractivity contribution in [3.05, 3.63) is 81.3 Å². The highest BCUT2D eigenvalue weighted by Gasteiger charge is 2.20. The maximum absolute atomic E-state index is 12.6. The summed E-state index contributed by atoms with van der Waals surface area (Å²) in [5.41, 5.74) is 1.57. The highest BCUT2D eigenvalue weighted by atomic mass is 35.5. The smallest absolute Gasteiger partial charge is 0.269 e. The summed E-state index contributed by atoms with van der Waals surface area (Å²) in [6, 6.07) is 13.2. The number of carbonyl (C=O) groups excluding carboxylic acids is 1. The van der Waals surface area contributed by atoms with Crippen LogP contribution in [-0.2, 0) is 11.2 Å². The fraction of sp³-hybridized carbons (Fsp3) is 0.238. The molecule has 1 aromatic heterocycles. The van der Waals surface area contributed by atoms with Crippen molar-refractivity contribution in [1.29, 1.82) is 0 Å². The Balaban J connectivity index is 1.61. The Morgan fingerprint density at radius 2 is 2.00 bits per heavy atom. The van der Waals surface area contributed by atoms with Gasteiger partial charge in [-0.25, -0.2) is 4.98 Å². The molecule has 0 bridgehead atoms. The summed E-state index contributed by atoms with van der Waals surface area (Å²) < 4.78 is 5.73. The third-order valence-electron chi connectivity index (χ3n) is 4.77. The Bertz CT molecular complexity index is 1020. The lowest BCUT2D eigenvalue weighted by atomic mass is 10.1. The number of aryl methyl sites for hydroxylation is 1. The molecule has 150 valence electrons. The van der Waals surface area contributed by atoms with Crippen LogP contribution in [0.2, 0.25) is 5.02 Å². The number of nitro benzene ring substituents is 1. The number of aromatic nitrogens is 1. The normalized spacial score (nSPS) is 11.8. The molecule has 0 unspecified atom stereocenters. The number of nitro groups is 1. The topological polar surface area (TPSA) is 89.5 Å². The van der Waals surface area contributed by atoms with Crippen LogP contribution in [0.25, 0.3) is 11.3 Å². The quantitative estimate of drug-likeness (QED) is 0.399. The molecule has 0 saturated heterocycles. The molecule has 29 heavy (non-hydrogen) atoms. The van der Waals surface area contributed by atoms with Crippen LogP contribution in [-0.4, -0.2) is 27.8 Å². The second-order valence-corrected chi connectivity index (χ2v) is 7.09. The molecule has 7 nitrogen and oxygen atoms in total. The van der Waals surface area contributed by atoms with E-state index in [-0.39, 0.29) is 24.1 Å². The molecular formula is C21H20ClN3O4. The van der Waals surface area contributed by atoms with Crippen molar-refractivity contribution >= 4 is 23.2 Å². The van der Waals surface area contributed by atoms with Crippen molar-refractivity contribution in [1.82, 2.24) is 9.88 Å². The summed E-state index contributed by atoms with van der Waals surface area (Å²) in [6.07, 6.45) is 2.20. The van der Waals surface area contributed by atoms with E-state index < -0.39 is 4.92 Å². The number of carbonyl (C=O) groups is 1. The molecule has 3 rings (SSSR count). The Kier molecular flexibility index (Phi) is 6.29. The zero-order valence-corrected chi connectivity index (χ0v) is 16.8. The van der Waals surface area contributed by atoms with Crippen LogP contribution in [0.1, 0.15) is 30.8 Å². The number of hydrogen-bond donors (Lipinski definition) is 0. The van der Waals surface area contributed by atoms with Gasteiger partial charge in [0.05, 0.1) is 17.2 Å². The van der Waals surface area contributed by atoms with Gasteiger partial charge >= 0.3 is 0 Å². The summed E-state index contributed by atoms with van der Waals surface area (Å²) in [4.78, 5) is 28.9. The number of hydrogen-bond acceptors (Lipinski definition) is 5. The molecule has 0 N–H and O–H groups in total. The standard InChI is InChI=1S/C21H20ClN3O4/c1-14(16-4-3-5-18(12-16)25(27)28)24(2)21(26)11-10-20-23-13-19(29-20)15-6-8-17(22)9-7-15/h3-9,12-14H,10-11H2,1-2H3/t14-/m1/s1. The van der Waals surface area contributed by atoms with Gasteiger partial charge < -0.3 is 9.32 Å². The zero-order valence-electron chi connectivity index (χ0n) is 16.0. The van der Waals surface area contributed by atoms with E-state index in [1.165, 1.54) is 12.1 Å². The van der Waals surface area contributed by atoms with Crippen molar-refractivity contribution in [2.45, 2.75) is 25.8 Å². The average molecular weight is 414 g/mol. The number of halogens is 1. The fourth-order valence-electron chi connectivity index (χ4n) is 2.90. The SMILES string of the molecule is C[C@H](c1cccc([N+](=O)[O-])c1)N(C)C(=O)CCc1ncc(-c2ccc(Cl)cc2)o1. The molecule has 8 heteroatoms. The largest absolute Gasteiger partial charge is 0.441 e. The van der Waals surface area contributed by atoms with Crippen molar-refractivity contribution in [3.63, 3.8) is 0 Å². The van der Waals surface area contributed by atoms with E-state index in [2.05, 4.69) is 4.98 Å². The van der Waals surface area contributed by atoms with Crippen LogP contribution >= 0.6 is 11.6 Å². The Labute approximate surface area is 173 Å². The van der Waals surface area contributed by atoms with E-state index in [4.69, 9.17) is 16.0 Å². The first kappa shape index (κ1) is 20.5. The molecular weight excluding hydrogens is 394 g/mol. The molecule has 0 radical (unpaired) electrons. The molecule has 0 saturated carbocycles. The lowest BCUT2D eigenvalue weighted by molar-refractivity contribution is -0.384. The summed E-state index contributed by atoms with van der Waals surface area (Å²) >= 11 is 5.89. The van der Waals surface area contributed by atoms with Gasteiger partial charge in [0.15, 0.2) is 11.7 Å². The van der Waals surface area contributed by atoms with Gasteiger partial charge in [-0.1, -0.05) is 23.7 Å². The number of non-ortho nitro benzene ring substituents is 1. The van der Waals surface area contributed by atoms with Crippen LogP contribution in [0.5, 0.6) is 0 Å². The summed E-state index contributed by atoms with van der Waals surface area (Å²) in [7, 11) is 1.68. The first-order chi connectivity index (χ1) is 13.8. The van der Waals surface area contributed by atoms with E-state index in [1.54, 1.807) is 42.4 Å². The molecule has 2 aromatic carbocycles. The summed E-state index contributed by atoms with van der Waals surface area (Å²) in [6.45, 7) is 1.83. The molecule has 1 amide bonds. The lowest BCUT2D eigenvalue weighted by Crippen LogP contribution is -2.29. The molecule has 0 spiro atoms. The minimum atomic E-state index is -0.446. The second-order valence-electron chi connectivity index (χ2n) is 6.66. The summed E-state index contributed by atoms with van der Waals surface area (Å²) in [5, 5.41) is 11.6. The molecule has 0 aliphatic carbocycles. The number of amides is 1. The second kappa shape index (κ2) is 8.87. The van der Waals surface area contributed by atoms with E-state index in [1.807, 2.05) is 19.1 Å². The minimum absolute atomic E-state index is 0.00436. The highest BCUT2D eigenvalue weighted by molar-refractivity contribution is 6.30. The first-order valence-corrected chi connectivity index (χ1v) is 9.43. The van der Waals surface area contributed by atoms with Crippen LogP contribution in [0.3, 0.4) is 0 Å². The fourth-order valence-corrected chi connectivity index (χ4v) is 3.03. The van der Waals surface area contributed by atoms with Gasteiger partial charge in [0.1, 0.15) is 0 Å². The van der Waals surface area contributed by atoms with Crippen molar-refractivity contribution in [2.75, 3.05) is 7.05 Å². The Hall–Kier alpha value is -3.19. The van der Waals surface area contributed by atoms with Crippen molar-refractivity contribution < 1.29 is 14.1 Å². The predicted molar refractivity (Wildman–Crippen MR) is 110 cm³/mol. The summed E-state index contributed by atoms with van der Waals surface area (Å²) in [5.74, 6) is 0.984. The van der Waals surface area contributed by atoms with Crippen LogP contribution < -0.4 is 0 Å². The van der Waals surface area contributed by atoms with Gasteiger partial charge in [0.2, 0.25) is 5.91 Å². The van der Waals surface area contributed by atoms with Crippen molar-refractivity contribution in [2.24, 2.45) is 0 Å². The van der Waals surface area contributed by atoms with Gasteiger partial charge in [-0.2, -0.15) is 0 Å². The van der Waals surface area contributed by atoms with E-state index >= 15 is 0 Å². The van der Waals surface area contributed by atoms with Gasteiger partial charge in [0.25, 0.3) is 5.69 Å². The monoisotopic (exact) mass is 413 g/mol. The average Bonchev–Trinajstić information content (AvgIpc) is 3.20. The zero-order chi connectivity index (χ0) is 21.0. The first-order valence-electron chi connectivity index (χ1n) is 9.06. The van der Waals surface area contributed by atoms with Gasteiger partial charge in [-0.15, -0.1) is 0 Å². The van der Waals surface area contributed by atoms with Gasteiger partial charge in [-0.05, 0) is 36.8 Å². The molecule has 0 aliphatic heterocycles. The highest BCUT2D eigenvalue weighted by Crippen LogP contribution is 2.25.